The van der Waals surface area contributed by atoms with E-state index in [4.69, 9.17) is 9.47 Å². The lowest BCUT2D eigenvalue weighted by Gasteiger charge is -2.16. The van der Waals surface area contributed by atoms with Gasteiger partial charge in [-0.2, -0.15) is 0 Å². The first-order valence-corrected chi connectivity index (χ1v) is 8.59. The molecule has 2 aromatic carbocycles. The molecule has 0 heterocycles. The summed E-state index contributed by atoms with van der Waals surface area (Å²) >= 11 is 0. The molecule has 2 aromatic rings. The van der Waals surface area contributed by atoms with E-state index in [1.165, 1.54) is 24.0 Å². The van der Waals surface area contributed by atoms with Gasteiger partial charge in [-0.3, -0.25) is 9.59 Å². The van der Waals surface area contributed by atoms with Crippen LogP contribution in [0.3, 0.4) is 0 Å². The van der Waals surface area contributed by atoms with Crippen LogP contribution in [0.1, 0.15) is 39.9 Å². The van der Waals surface area contributed by atoms with Crippen LogP contribution in [-0.2, 0) is 28.8 Å². The summed E-state index contributed by atoms with van der Waals surface area (Å²) in [7, 11) is 1.57. The summed E-state index contributed by atoms with van der Waals surface area (Å²) in [4.78, 5) is 24.1. The van der Waals surface area contributed by atoms with Gasteiger partial charge in [0.15, 0.2) is 12.4 Å². The molecule has 0 radical (unpaired) electrons. The second-order valence-electron chi connectivity index (χ2n) is 6.30. The fraction of sp³-hybridized carbons (Fsp3) is 0.333. The topological polar surface area (TPSA) is 52.6 Å². The van der Waals surface area contributed by atoms with Gasteiger partial charge in [-0.1, -0.05) is 18.2 Å². The number of fused-ring (bicyclic) bond motifs is 1. The number of methoxy groups -OCH3 is 1. The Labute approximate surface area is 147 Å². The molecule has 0 aliphatic heterocycles. The summed E-state index contributed by atoms with van der Waals surface area (Å²) < 4.78 is 10.2. The maximum Gasteiger partial charge on any atom is 0.310 e. The van der Waals surface area contributed by atoms with Crippen LogP contribution in [0.5, 0.6) is 5.75 Å². The van der Waals surface area contributed by atoms with Crippen molar-refractivity contribution in [1.82, 2.24) is 0 Å². The SMILES string of the molecule is COc1ccc(C(=O)COC(=O)Cc2ccc3c(c2)CCCC3)cc1. The Bertz CT molecular complexity index is 762. The fourth-order valence-corrected chi connectivity index (χ4v) is 3.12. The number of rotatable bonds is 6. The van der Waals surface area contributed by atoms with E-state index in [1.807, 2.05) is 6.07 Å². The maximum atomic E-state index is 12.1. The van der Waals surface area contributed by atoms with Gasteiger partial charge in [0, 0.05) is 5.56 Å². The van der Waals surface area contributed by atoms with Crippen molar-refractivity contribution >= 4 is 11.8 Å². The molecule has 25 heavy (non-hydrogen) atoms. The van der Waals surface area contributed by atoms with Gasteiger partial charge in [-0.05, 0) is 66.6 Å². The minimum Gasteiger partial charge on any atom is -0.497 e. The van der Waals surface area contributed by atoms with Crippen LogP contribution in [0, 0.1) is 0 Å². The summed E-state index contributed by atoms with van der Waals surface area (Å²) in [6.07, 6.45) is 4.84. The summed E-state index contributed by atoms with van der Waals surface area (Å²) in [5.41, 5.74) is 4.17. The zero-order valence-corrected chi connectivity index (χ0v) is 14.4. The molecule has 0 saturated heterocycles. The maximum absolute atomic E-state index is 12.1. The summed E-state index contributed by atoms with van der Waals surface area (Å²) in [5, 5.41) is 0. The second kappa shape index (κ2) is 7.97. The van der Waals surface area contributed by atoms with E-state index in [9.17, 15) is 9.59 Å². The van der Waals surface area contributed by atoms with Crippen molar-refractivity contribution in [3.8, 4) is 5.75 Å². The molecule has 0 N–H and O–H groups in total. The quantitative estimate of drug-likeness (QED) is 0.597. The molecule has 4 nitrogen and oxygen atoms in total. The molecule has 0 atom stereocenters. The highest BCUT2D eigenvalue weighted by Crippen LogP contribution is 2.22. The molecule has 0 spiro atoms. The fourth-order valence-electron chi connectivity index (χ4n) is 3.12. The third-order valence-corrected chi connectivity index (χ3v) is 4.54. The van der Waals surface area contributed by atoms with Gasteiger partial charge in [0.1, 0.15) is 5.75 Å². The zero-order valence-electron chi connectivity index (χ0n) is 14.4. The van der Waals surface area contributed by atoms with E-state index in [0.717, 1.165) is 18.4 Å². The number of benzene rings is 2. The first kappa shape index (κ1) is 17.2. The number of hydrogen-bond donors (Lipinski definition) is 0. The van der Waals surface area contributed by atoms with Crippen LogP contribution in [-0.4, -0.2) is 25.5 Å². The second-order valence-corrected chi connectivity index (χ2v) is 6.30. The molecule has 1 aliphatic rings. The number of carbonyl (C=O) groups excluding carboxylic acids is 2. The highest BCUT2D eigenvalue weighted by Gasteiger charge is 2.13. The zero-order chi connectivity index (χ0) is 17.6. The summed E-state index contributed by atoms with van der Waals surface area (Å²) in [5.74, 6) is 0.0834. The third kappa shape index (κ3) is 4.47. The first-order valence-electron chi connectivity index (χ1n) is 8.59. The number of esters is 1. The molecule has 1 aliphatic carbocycles. The predicted octanol–water partition coefficient (Wildman–Crippen LogP) is 3.54. The van der Waals surface area contributed by atoms with Gasteiger partial charge >= 0.3 is 5.97 Å². The lowest BCUT2D eigenvalue weighted by atomic mass is 9.90. The largest absolute Gasteiger partial charge is 0.497 e. The monoisotopic (exact) mass is 338 g/mol. The van der Waals surface area contributed by atoms with E-state index in [0.29, 0.717) is 11.3 Å². The molecule has 0 amide bonds. The Balaban J connectivity index is 1.53. The highest BCUT2D eigenvalue weighted by molar-refractivity contribution is 5.98. The van der Waals surface area contributed by atoms with E-state index in [1.54, 1.807) is 31.4 Å². The lowest BCUT2D eigenvalue weighted by Crippen LogP contribution is -2.16. The Hall–Kier alpha value is -2.62. The van der Waals surface area contributed by atoms with Crippen molar-refractivity contribution in [3.05, 3.63) is 64.7 Å². The predicted molar refractivity (Wildman–Crippen MR) is 95.1 cm³/mol. The Morgan fingerprint density at radius 3 is 2.40 bits per heavy atom. The minimum atomic E-state index is -0.377. The smallest absolute Gasteiger partial charge is 0.310 e. The van der Waals surface area contributed by atoms with Crippen molar-refractivity contribution in [2.45, 2.75) is 32.1 Å². The van der Waals surface area contributed by atoms with Crippen molar-refractivity contribution in [3.63, 3.8) is 0 Å². The van der Waals surface area contributed by atoms with E-state index >= 15 is 0 Å². The molecule has 0 aromatic heterocycles. The Kier molecular flexibility index (Phi) is 5.49. The van der Waals surface area contributed by atoms with Gasteiger partial charge in [0.25, 0.3) is 0 Å². The Morgan fingerprint density at radius 2 is 1.68 bits per heavy atom. The highest BCUT2D eigenvalue weighted by atomic mass is 16.5. The first-order chi connectivity index (χ1) is 12.2. The molecule has 4 heteroatoms. The standard InChI is InChI=1S/C21H22O4/c1-24-19-10-8-17(9-11-19)20(22)14-25-21(23)13-15-6-7-16-4-2-3-5-18(16)12-15/h6-12H,2-5,13-14H2,1H3. The molecule has 0 saturated carbocycles. The van der Waals surface area contributed by atoms with E-state index in [-0.39, 0.29) is 24.8 Å². The molecule has 130 valence electrons. The summed E-state index contributed by atoms with van der Waals surface area (Å²) in [6, 6.07) is 12.9. The average Bonchev–Trinajstić information content (AvgIpc) is 2.66. The van der Waals surface area contributed by atoms with Gasteiger partial charge in [0.05, 0.1) is 13.5 Å². The number of Topliss-reactive ketones (excluding diaryl/α,β-unsaturated/α-hetero) is 1. The van der Waals surface area contributed by atoms with Crippen LogP contribution in [0.25, 0.3) is 0 Å². The number of aryl methyl sites for hydroxylation is 2. The van der Waals surface area contributed by atoms with Crippen LogP contribution < -0.4 is 4.74 Å². The number of ketones is 1. The Morgan fingerprint density at radius 1 is 0.960 bits per heavy atom. The summed E-state index contributed by atoms with van der Waals surface area (Å²) in [6.45, 7) is -0.240. The molecular formula is C21H22O4. The molecule has 3 rings (SSSR count). The van der Waals surface area contributed by atoms with Crippen LogP contribution in [0.2, 0.25) is 0 Å². The van der Waals surface area contributed by atoms with Gasteiger partial charge < -0.3 is 9.47 Å². The van der Waals surface area contributed by atoms with Crippen LogP contribution >= 0.6 is 0 Å². The average molecular weight is 338 g/mol. The van der Waals surface area contributed by atoms with Crippen molar-refractivity contribution < 1.29 is 19.1 Å². The molecule has 0 fully saturated rings. The third-order valence-electron chi connectivity index (χ3n) is 4.54. The van der Waals surface area contributed by atoms with E-state index in [2.05, 4.69) is 12.1 Å². The van der Waals surface area contributed by atoms with Gasteiger partial charge in [-0.25, -0.2) is 0 Å². The molecule has 0 bridgehead atoms. The van der Waals surface area contributed by atoms with Gasteiger partial charge in [0.2, 0.25) is 0 Å². The lowest BCUT2D eigenvalue weighted by molar-refractivity contribution is -0.141. The van der Waals surface area contributed by atoms with Crippen molar-refractivity contribution in [2.24, 2.45) is 0 Å². The number of hydrogen-bond acceptors (Lipinski definition) is 4. The van der Waals surface area contributed by atoms with Crippen molar-refractivity contribution in [1.29, 1.82) is 0 Å². The normalized spacial score (nSPS) is 13.0. The number of ether oxygens (including phenoxy) is 2. The van der Waals surface area contributed by atoms with Gasteiger partial charge in [-0.15, -0.1) is 0 Å². The van der Waals surface area contributed by atoms with Crippen LogP contribution in [0.4, 0.5) is 0 Å². The number of carbonyl (C=O) groups is 2. The molecular weight excluding hydrogens is 316 g/mol. The van der Waals surface area contributed by atoms with Crippen molar-refractivity contribution in [2.75, 3.05) is 13.7 Å². The van der Waals surface area contributed by atoms with Crippen LogP contribution in [0.15, 0.2) is 42.5 Å². The minimum absolute atomic E-state index is 0.198. The molecule has 0 unspecified atom stereocenters. The van der Waals surface area contributed by atoms with E-state index < -0.39 is 0 Å².